The van der Waals surface area contributed by atoms with Crippen LogP contribution in [0.5, 0.6) is 0 Å². The van der Waals surface area contributed by atoms with E-state index in [1.165, 1.54) is 0 Å². The van der Waals surface area contributed by atoms with Crippen molar-refractivity contribution in [3.63, 3.8) is 0 Å². The van der Waals surface area contributed by atoms with Gasteiger partial charge in [-0.15, -0.1) is 5.54 Å². The van der Waals surface area contributed by atoms with Gasteiger partial charge in [0.2, 0.25) is 0 Å². The van der Waals surface area contributed by atoms with Crippen LogP contribution in [0.2, 0.25) is 19.6 Å². The smallest absolute Gasteiger partial charge is 0.320 e. The molecular formula is C16H23NO2Si. The lowest BCUT2D eigenvalue weighted by Gasteiger charge is -2.12. The molecule has 3 nitrogen and oxygen atoms in total. The van der Waals surface area contributed by atoms with Crippen LogP contribution >= 0.6 is 0 Å². The van der Waals surface area contributed by atoms with Crippen LogP contribution in [0.3, 0.4) is 0 Å². The third kappa shape index (κ3) is 6.05. The Labute approximate surface area is 122 Å². The fourth-order valence-electron chi connectivity index (χ4n) is 1.61. The van der Waals surface area contributed by atoms with E-state index in [1.54, 1.807) is 0 Å². The van der Waals surface area contributed by atoms with Gasteiger partial charge in [0.05, 0.1) is 0 Å². The summed E-state index contributed by atoms with van der Waals surface area (Å²) in [6.07, 6.45) is 0.578. The normalized spacial score (nSPS) is 12.4. The Hall–Kier alpha value is -1.57. The van der Waals surface area contributed by atoms with E-state index >= 15 is 0 Å². The zero-order valence-electron chi connectivity index (χ0n) is 12.7. The zero-order chi connectivity index (χ0) is 15.2. The van der Waals surface area contributed by atoms with Crippen LogP contribution in [-0.4, -0.2) is 25.2 Å². The second-order valence-electron chi connectivity index (χ2n) is 5.88. The second kappa shape index (κ2) is 7.27. The second-order valence-corrected chi connectivity index (χ2v) is 10.6. The minimum Gasteiger partial charge on any atom is -0.480 e. The predicted molar refractivity (Wildman–Crippen MR) is 85.2 cm³/mol. The number of nitrogens with one attached hydrogen (secondary N) is 1. The molecule has 108 valence electrons. The molecule has 1 aromatic rings. The van der Waals surface area contributed by atoms with Crippen LogP contribution in [0.25, 0.3) is 0 Å². The van der Waals surface area contributed by atoms with Crippen molar-refractivity contribution in [1.29, 1.82) is 0 Å². The highest BCUT2D eigenvalue weighted by Gasteiger charge is 2.13. The molecule has 0 saturated heterocycles. The summed E-state index contributed by atoms with van der Waals surface area (Å²) in [5.74, 6) is 2.40. The summed E-state index contributed by atoms with van der Waals surface area (Å²) >= 11 is 0. The van der Waals surface area contributed by atoms with Crippen LogP contribution in [0.15, 0.2) is 24.3 Å². The molecule has 0 amide bonds. The van der Waals surface area contributed by atoms with Crippen molar-refractivity contribution in [2.45, 2.75) is 45.6 Å². The molecule has 0 saturated carbocycles. The average molecular weight is 289 g/mol. The molecule has 1 rings (SSSR count). The van der Waals surface area contributed by atoms with Gasteiger partial charge in [0.1, 0.15) is 14.1 Å². The first kappa shape index (κ1) is 16.5. The first-order valence-electron chi connectivity index (χ1n) is 6.90. The monoisotopic (exact) mass is 289 g/mol. The summed E-state index contributed by atoms with van der Waals surface area (Å²) in [5.41, 5.74) is 5.42. The number of benzene rings is 1. The molecule has 0 heterocycles. The van der Waals surface area contributed by atoms with Gasteiger partial charge in [-0.25, -0.2) is 0 Å². The highest BCUT2D eigenvalue weighted by Crippen LogP contribution is 2.05. The van der Waals surface area contributed by atoms with Gasteiger partial charge < -0.3 is 10.4 Å². The fourth-order valence-corrected chi connectivity index (χ4v) is 2.13. The van der Waals surface area contributed by atoms with Crippen molar-refractivity contribution < 1.29 is 9.90 Å². The SMILES string of the molecule is CC[C@@H](NCc1ccc(C#C[Si](C)(C)C)cc1)C(=O)O. The number of hydrogen-bond acceptors (Lipinski definition) is 2. The highest BCUT2D eigenvalue weighted by atomic mass is 28.3. The van der Waals surface area contributed by atoms with Crippen LogP contribution in [0, 0.1) is 11.5 Å². The number of aliphatic carboxylic acids is 1. The van der Waals surface area contributed by atoms with E-state index in [0.717, 1.165) is 11.1 Å². The van der Waals surface area contributed by atoms with Crippen molar-refractivity contribution >= 4 is 14.0 Å². The fraction of sp³-hybridized carbons (Fsp3) is 0.438. The van der Waals surface area contributed by atoms with Gasteiger partial charge in [-0.3, -0.25) is 4.79 Å². The molecule has 0 aliphatic heterocycles. The molecule has 0 radical (unpaired) electrons. The molecule has 1 atom stereocenters. The van der Waals surface area contributed by atoms with E-state index in [-0.39, 0.29) is 0 Å². The molecule has 0 unspecified atom stereocenters. The van der Waals surface area contributed by atoms with Crippen LogP contribution in [-0.2, 0) is 11.3 Å². The van der Waals surface area contributed by atoms with Gasteiger partial charge in [-0.2, -0.15) is 0 Å². The molecule has 0 aliphatic carbocycles. The van der Waals surface area contributed by atoms with E-state index < -0.39 is 20.1 Å². The van der Waals surface area contributed by atoms with Gasteiger partial charge in [-0.1, -0.05) is 44.6 Å². The van der Waals surface area contributed by atoms with E-state index in [9.17, 15) is 4.79 Å². The predicted octanol–water partition coefficient (Wildman–Crippen LogP) is 2.87. The molecule has 20 heavy (non-hydrogen) atoms. The quantitative estimate of drug-likeness (QED) is 0.647. The van der Waals surface area contributed by atoms with Crippen molar-refractivity contribution in [3.05, 3.63) is 35.4 Å². The molecule has 1 aromatic carbocycles. The Morgan fingerprint density at radius 3 is 2.35 bits per heavy atom. The highest BCUT2D eigenvalue weighted by molar-refractivity contribution is 6.83. The van der Waals surface area contributed by atoms with Gasteiger partial charge in [-0.05, 0) is 24.1 Å². The lowest BCUT2D eigenvalue weighted by Crippen LogP contribution is -2.35. The maximum atomic E-state index is 10.9. The number of carboxylic acids is 1. The largest absolute Gasteiger partial charge is 0.480 e. The minimum atomic E-state index is -1.34. The number of hydrogen-bond donors (Lipinski definition) is 2. The maximum absolute atomic E-state index is 10.9. The minimum absolute atomic E-state index is 0.485. The first-order valence-corrected chi connectivity index (χ1v) is 10.4. The van der Waals surface area contributed by atoms with Gasteiger partial charge >= 0.3 is 5.97 Å². The maximum Gasteiger partial charge on any atom is 0.320 e. The van der Waals surface area contributed by atoms with Crippen molar-refractivity contribution in [2.24, 2.45) is 0 Å². The third-order valence-corrected chi connectivity index (χ3v) is 3.67. The summed E-state index contributed by atoms with van der Waals surface area (Å²) in [4.78, 5) is 10.9. The van der Waals surface area contributed by atoms with Crippen LogP contribution in [0.4, 0.5) is 0 Å². The topological polar surface area (TPSA) is 49.3 Å². The number of rotatable bonds is 5. The van der Waals surface area contributed by atoms with Gasteiger partial charge in [0, 0.05) is 12.1 Å². The lowest BCUT2D eigenvalue weighted by atomic mass is 10.1. The summed E-state index contributed by atoms with van der Waals surface area (Å²) in [6, 6.07) is 7.49. The van der Waals surface area contributed by atoms with Gasteiger partial charge in [0.25, 0.3) is 0 Å². The number of carboxylic acid groups (broad SMARTS) is 1. The molecule has 0 bridgehead atoms. The summed E-state index contributed by atoms with van der Waals surface area (Å²) in [6.45, 7) is 9.08. The Morgan fingerprint density at radius 2 is 1.90 bits per heavy atom. The summed E-state index contributed by atoms with van der Waals surface area (Å²) < 4.78 is 0. The van der Waals surface area contributed by atoms with Crippen molar-refractivity contribution in [3.8, 4) is 11.5 Å². The third-order valence-electron chi connectivity index (χ3n) is 2.79. The Balaban J connectivity index is 2.63. The average Bonchev–Trinajstić information content (AvgIpc) is 2.37. The van der Waals surface area contributed by atoms with E-state index in [1.807, 2.05) is 31.2 Å². The molecule has 4 heteroatoms. The molecule has 0 fully saturated rings. The Morgan fingerprint density at radius 1 is 1.30 bits per heavy atom. The first-order chi connectivity index (χ1) is 9.31. The standard InChI is InChI=1S/C16H23NO2Si/c1-5-15(16(18)19)17-12-14-8-6-13(7-9-14)10-11-20(2,3)4/h6-9,15,17H,5,12H2,1-4H3,(H,18,19)/t15-/m1/s1. The molecule has 2 N–H and O–H groups in total. The van der Waals surface area contributed by atoms with E-state index in [0.29, 0.717) is 13.0 Å². The van der Waals surface area contributed by atoms with Crippen LogP contribution in [0.1, 0.15) is 24.5 Å². The summed E-state index contributed by atoms with van der Waals surface area (Å²) in [5, 5.41) is 12.0. The number of carbonyl (C=O) groups is 1. The zero-order valence-corrected chi connectivity index (χ0v) is 13.7. The summed E-state index contributed by atoms with van der Waals surface area (Å²) in [7, 11) is -1.34. The molecule has 0 aliphatic rings. The van der Waals surface area contributed by atoms with E-state index in [4.69, 9.17) is 5.11 Å². The van der Waals surface area contributed by atoms with Crippen molar-refractivity contribution in [2.75, 3.05) is 0 Å². The Bertz CT molecular complexity index is 506. The van der Waals surface area contributed by atoms with Crippen molar-refractivity contribution in [1.82, 2.24) is 5.32 Å². The van der Waals surface area contributed by atoms with Crippen LogP contribution < -0.4 is 5.32 Å². The molecule has 0 spiro atoms. The van der Waals surface area contributed by atoms with E-state index in [2.05, 4.69) is 36.4 Å². The van der Waals surface area contributed by atoms with Gasteiger partial charge in [0.15, 0.2) is 0 Å². The molecular weight excluding hydrogens is 266 g/mol. The Kier molecular flexibility index (Phi) is 5.99. The lowest BCUT2D eigenvalue weighted by molar-refractivity contribution is -0.139. The molecule has 0 aromatic heterocycles.